The molecule has 0 saturated carbocycles. The average molecular weight is 347 g/mol. The highest BCUT2D eigenvalue weighted by Crippen LogP contribution is 2.30. The van der Waals surface area contributed by atoms with Gasteiger partial charge in [-0.2, -0.15) is 13.2 Å². The SMILES string of the molecule is C[C@H](NS(=O)(=O)c1ccccc1F)c1ccc(C(F)(F)F)cc1. The molecule has 2 aromatic rings. The maximum absolute atomic E-state index is 13.6. The van der Waals surface area contributed by atoms with Gasteiger partial charge in [0.25, 0.3) is 0 Å². The van der Waals surface area contributed by atoms with Gasteiger partial charge in [0.15, 0.2) is 0 Å². The predicted molar refractivity (Wildman–Crippen MR) is 76.6 cm³/mol. The minimum Gasteiger partial charge on any atom is -0.207 e. The number of halogens is 4. The number of sulfonamides is 1. The number of hydrogen-bond donors (Lipinski definition) is 1. The van der Waals surface area contributed by atoms with Gasteiger partial charge in [-0.25, -0.2) is 17.5 Å². The van der Waals surface area contributed by atoms with E-state index in [4.69, 9.17) is 0 Å². The summed E-state index contributed by atoms with van der Waals surface area (Å²) in [7, 11) is -4.12. The van der Waals surface area contributed by atoms with Gasteiger partial charge in [-0.05, 0) is 36.8 Å². The van der Waals surface area contributed by atoms with Crippen molar-refractivity contribution in [2.75, 3.05) is 0 Å². The topological polar surface area (TPSA) is 46.2 Å². The van der Waals surface area contributed by atoms with E-state index < -0.39 is 38.5 Å². The highest BCUT2D eigenvalue weighted by molar-refractivity contribution is 7.89. The first-order valence-electron chi connectivity index (χ1n) is 6.55. The van der Waals surface area contributed by atoms with E-state index in [-0.39, 0.29) is 0 Å². The van der Waals surface area contributed by atoms with Crippen LogP contribution in [0.15, 0.2) is 53.4 Å². The van der Waals surface area contributed by atoms with Gasteiger partial charge in [0.1, 0.15) is 10.7 Å². The molecule has 1 atom stereocenters. The lowest BCUT2D eigenvalue weighted by atomic mass is 10.1. The van der Waals surface area contributed by atoms with Gasteiger partial charge < -0.3 is 0 Å². The molecule has 0 aromatic heterocycles. The number of rotatable bonds is 4. The van der Waals surface area contributed by atoms with Crippen LogP contribution in [-0.4, -0.2) is 8.42 Å². The van der Waals surface area contributed by atoms with Gasteiger partial charge >= 0.3 is 6.18 Å². The molecule has 0 unspecified atom stereocenters. The molecule has 1 N–H and O–H groups in total. The Morgan fingerprint density at radius 1 is 1.00 bits per heavy atom. The van der Waals surface area contributed by atoms with E-state index in [0.29, 0.717) is 5.56 Å². The lowest BCUT2D eigenvalue weighted by Crippen LogP contribution is -2.27. The summed E-state index contributed by atoms with van der Waals surface area (Å²) in [5.41, 5.74) is -0.497. The largest absolute Gasteiger partial charge is 0.416 e. The van der Waals surface area contributed by atoms with Crippen molar-refractivity contribution in [1.29, 1.82) is 0 Å². The van der Waals surface area contributed by atoms with Crippen LogP contribution in [0.1, 0.15) is 24.1 Å². The Bertz CT molecular complexity index is 786. The minimum absolute atomic E-state index is 0.331. The summed E-state index contributed by atoms with van der Waals surface area (Å²) in [6, 6.07) is 8.12. The number of alkyl halides is 3. The fourth-order valence-corrected chi connectivity index (χ4v) is 3.30. The molecule has 0 amide bonds. The summed E-state index contributed by atoms with van der Waals surface area (Å²) in [5.74, 6) is -0.903. The average Bonchev–Trinajstić information content (AvgIpc) is 2.46. The van der Waals surface area contributed by atoms with Crippen molar-refractivity contribution in [3.8, 4) is 0 Å². The maximum Gasteiger partial charge on any atom is 0.416 e. The Morgan fingerprint density at radius 3 is 2.09 bits per heavy atom. The van der Waals surface area contributed by atoms with Crippen molar-refractivity contribution >= 4 is 10.0 Å². The van der Waals surface area contributed by atoms with Crippen molar-refractivity contribution in [1.82, 2.24) is 4.72 Å². The molecule has 0 bridgehead atoms. The fraction of sp³-hybridized carbons (Fsp3) is 0.200. The zero-order chi connectivity index (χ0) is 17.3. The minimum atomic E-state index is -4.46. The summed E-state index contributed by atoms with van der Waals surface area (Å²) in [5, 5.41) is 0. The summed E-state index contributed by atoms with van der Waals surface area (Å²) < 4.78 is 77.6. The predicted octanol–water partition coefficient (Wildman–Crippen LogP) is 3.88. The second kappa shape index (κ2) is 6.29. The lowest BCUT2D eigenvalue weighted by molar-refractivity contribution is -0.137. The summed E-state index contributed by atoms with van der Waals surface area (Å²) >= 11 is 0. The molecular formula is C15H13F4NO2S. The zero-order valence-corrected chi connectivity index (χ0v) is 12.7. The van der Waals surface area contributed by atoms with Crippen LogP contribution in [0.3, 0.4) is 0 Å². The third-order valence-corrected chi connectivity index (χ3v) is 4.77. The van der Waals surface area contributed by atoms with Crippen LogP contribution in [0.4, 0.5) is 17.6 Å². The second-order valence-corrected chi connectivity index (χ2v) is 6.58. The Balaban J connectivity index is 2.22. The molecule has 124 valence electrons. The van der Waals surface area contributed by atoms with Gasteiger partial charge in [-0.3, -0.25) is 0 Å². The van der Waals surface area contributed by atoms with E-state index in [1.165, 1.54) is 31.2 Å². The Labute approximate surface area is 131 Å². The van der Waals surface area contributed by atoms with Gasteiger partial charge in [-0.1, -0.05) is 24.3 Å². The third-order valence-electron chi connectivity index (χ3n) is 3.20. The number of benzene rings is 2. The van der Waals surface area contributed by atoms with Crippen LogP contribution in [0.2, 0.25) is 0 Å². The Hall–Kier alpha value is -1.93. The van der Waals surface area contributed by atoms with E-state index in [9.17, 15) is 26.0 Å². The maximum atomic E-state index is 13.6. The lowest BCUT2D eigenvalue weighted by Gasteiger charge is -2.16. The van der Waals surface area contributed by atoms with E-state index in [1.54, 1.807) is 0 Å². The molecule has 0 radical (unpaired) electrons. The molecule has 0 aliphatic heterocycles. The van der Waals surface area contributed by atoms with Crippen LogP contribution >= 0.6 is 0 Å². The van der Waals surface area contributed by atoms with Crippen molar-refractivity contribution in [2.24, 2.45) is 0 Å². The van der Waals surface area contributed by atoms with Crippen molar-refractivity contribution in [2.45, 2.75) is 24.0 Å². The van der Waals surface area contributed by atoms with E-state index in [2.05, 4.69) is 4.72 Å². The number of nitrogens with one attached hydrogen (secondary N) is 1. The Kier molecular flexibility index (Phi) is 4.76. The van der Waals surface area contributed by atoms with Crippen LogP contribution in [-0.2, 0) is 16.2 Å². The fourth-order valence-electron chi connectivity index (χ4n) is 1.99. The highest BCUT2D eigenvalue weighted by Gasteiger charge is 2.30. The van der Waals surface area contributed by atoms with Crippen LogP contribution in [0.5, 0.6) is 0 Å². The van der Waals surface area contributed by atoms with Gasteiger partial charge in [-0.15, -0.1) is 0 Å². The molecule has 3 nitrogen and oxygen atoms in total. The van der Waals surface area contributed by atoms with Crippen LogP contribution in [0, 0.1) is 5.82 Å². The van der Waals surface area contributed by atoms with Gasteiger partial charge in [0.2, 0.25) is 10.0 Å². The van der Waals surface area contributed by atoms with Gasteiger partial charge in [0.05, 0.1) is 5.56 Å². The molecule has 0 heterocycles. The molecule has 0 aliphatic carbocycles. The summed E-state index contributed by atoms with van der Waals surface area (Å²) in [4.78, 5) is -0.515. The third kappa shape index (κ3) is 4.08. The van der Waals surface area contributed by atoms with Crippen molar-refractivity contribution in [3.63, 3.8) is 0 Å². The molecule has 0 fully saturated rings. The van der Waals surface area contributed by atoms with E-state index in [1.807, 2.05) is 0 Å². The standard InChI is InChI=1S/C15H13F4NO2S/c1-10(11-6-8-12(9-7-11)15(17,18)19)20-23(21,22)14-5-3-2-4-13(14)16/h2-10,20H,1H3/t10-/m0/s1. The van der Waals surface area contributed by atoms with E-state index in [0.717, 1.165) is 24.3 Å². The molecule has 0 aliphatic rings. The van der Waals surface area contributed by atoms with E-state index >= 15 is 0 Å². The van der Waals surface area contributed by atoms with Gasteiger partial charge in [0, 0.05) is 6.04 Å². The molecule has 23 heavy (non-hydrogen) atoms. The highest BCUT2D eigenvalue weighted by atomic mass is 32.2. The molecule has 2 rings (SSSR count). The molecule has 0 saturated heterocycles. The summed E-state index contributed by atoms with van der Waals surface area (Å²) in [6.07, 6.45) is -4.46. The molecule has 8 heteroatoms. The smallest absolute Gasteiger partial charge is 0.207 e. The zero-order valence-electron chi connectivity index (χ0n) is 11.9. The first-order chi connectivity index (χ1) is 10.6. The Morgan fingerprint density at radius 2 is 1.57 bits per heavy atom. The first-order valence-corrected chi connectivity index (χ1v) is 8.03. The molecule has 2 aromatic carbocycles. The van der Waals surface area contributed by atoms with Crippen molar-refractivity contribution in [3.05, 3.63) is 65.5 Å². The monoisotopic (exact) mass is 347 g/mol. The molecule has 0 spiro atoms. The second-order valence-electron chi connectivity index (χ2n) is 4.89. The summed E-state index contributed by atoms with van der Waals surface area (Å²) in [6.45, 7) is 1.46. The molecular weight excluding hydrogens is 334 g/mol. The normalized spacial score (nSPS) is 13.8. The number of hydrogen-bond acceptors (Lipinski definition) is 2. The van der Waals surface area contributed by atoms with Crippen LogP contribution in [0.25, 0.3) is 0 Å². The van der Waals surface area contributed by atoms with Crippen molar-refractivity contribution < 1.29 is 26.0 Å². The quantitative estimate of drug-likeness (QED) is 0.853. The van der Waals surface area contributed by atoms with Crippen LogP contribution < -0.4 is 4.72 Å². The first kappa shape index (κ1) is 17.4.